The maximum atomic E-state index is 11.8. The van der Waals surface area contributed by atoms with Crippen LogP contribution in [0.1, 0.15) is 11.1 Å². The van der Waals surface area contributed by atoms with Crippen molar-refractivity contribution in [3.63, 3.8) is 0 Å². The van der Waals surface area contributed by atoms with Gasteiger partial charge in [-0.2, -0.15) is 10.2 Å². The van der Waals surface area contributed by atoms with Gasteiger partial charge in [-0.15, -0.1) is 0 Å². The van der Waals surface area contributed by atoms with E-state index in [4.69, 9.17) is 27.9 Å². The van der Waals surface area contributed by atoms with E-state index < -0.39 is 0 Å². The Hall–Kier alpha value is -2.83. The molecular formula is C19H16Cl2N4O2. The molecule has 0 saturated carbocycles. The summed E-state index contributed by atoms with van der Waals surface area (Å²) in [6.07, 6.45) is 3.08. The second-order valence-electron chi connectivity index (χ2n) is 5.72. The van der Waals surface area contributed by atoms with Gasteiger partial charge in [-0.25, -0.2) is 5.43 Å². The minimum absolute atomic E-state index is 0.133. The van der Waals surface area contributed by atoms with Gasteiger partial charge in [0.25, 0.3) is 5.91 Å². The quantitative estimate of drug-likeness (QED) is 0.478. The summed E-state index contributed by atoms with van der Waals surface area (Å²) in [7, 11) is 0. The van der Waals surface area contributed by atoms with Crippen LogP contribution < -0.4 is 10.2 Å². The fourth-order valence-corrected chi connectivity index (χ4v) is 2.56. The Bertz CT molecular complexity index is 968. The van der Waals surface area contributed by atoms with E-state index in [-0.39, 0.29) is 12.5 Å². The van der Waals surface area contributed by atoms with Crippen LogP contribution in [-0.2, 0) is 4.79 Å². The number of nitrogens with zero attached hydrogens (tertiary/aromatic N) is 2. The molecule has 0 radical (unpaired) electrons. The number of ether oxygens (including phenoxy) is 1. The van der Waals surface area contributed by atoms with Gasteiger partial charge in [0.1, 0.15) is 5.75 Å². The van der Waals surface area contributed by atoms with Crippen LogP contribution in [0.25, 0.3) is 11.3 Å². The average molecular weight is 403 g/mol. The number of aromatic amines is 1. The average Bonchev–Trinajstić information content (AvgIpc) is 3.12. The molecule has 2 N–H and O–H groups in total. The zero-order chi connectivity index (χ0) is 19.2. The molecule has 0 bridgehead atoms. The molecule has 27 heavy (non-hydrogen) atoms. The molecule has 0 aliphatic rings. The summed E-state index contributed by atoms with van der Waals surface area (Å²) in [5.74, 6) is 0.253. The lowest BCUT2D eigenvalue weighted by Gasteiger charge is -2.05. The van der Waals surface area contributed by atoms with Gasteiger partial charge in [-0.3, -0.25) is 9.89 Å². The van der Waals surface area contributed by atoms with Crippen molar-refractivity contribution < 1.29 is 9.53 Å². The topological polar surface area (TPSA) is 79.4 Å². The van der Waals surface area contributed by atoms with E-state index in [0.29, 0.717) is 27.1 Å². The van der Waals surface area contributed by atoms with Gasteiger partial charge < -0.3 is 4.74 Å². The first-order valence-electron chi connectivity index (χ1n) is 8.03. The third-order valence-electron chi connectivity index (χ3n) is 3.66. The van der Waals surface area contributed by atoms with Crippen LogP contribution in [0.3, 0.4) is 0 Å². The molecular weight excluding hydrogens is 387 g/mol. The number of carbonyl (C=O) groups excluding carboxylic acids is 1. The molecule has 0 spiro atoms. The molecule has 138 valence electrons. The number of aromatic nitrogens is 2. The van der Waals surface area contributed by atoms with Gasteiger partial charge in [0.05, 0.1) is 28.2 Å². The van der Waals surface area contributed by atoms with Crippen molar-refractivity contribution in [1.82, 2.24) is 15.6 Å². The summed E-state index contributed by atoms with van der Waals surface area (Å²) in [4.78, 5) is 11.8. The highest BCUT2D eigenvalue weighted by Crippen LogP contribution is 2.28. The van der Waals surface area contributed by atoms with Crippen LogP contribution in [0.2, 0.25) is 10.0 Å². The molecule has 0 fully saturated rings. The Morgan fingerprint density at radius 1 is 1.22 bits per heavy atom. The number of halogens is 2. The summed E-state index contributed by atoms with van der Waals surface area (Å²) in [6.45, 7) is 1.85. The number of rotatable bonds is 6. The van der Waals surface area contributed by atoms with Crippen LogP contribution in [0, 0.1) is 6.92 Å². The van der Waals surface area contributed by atoms with Crippen molar-refractivity contribution in [3.05, 3.63) is 69.8 Å². The molecule has 3 rings (SSSR count). The molecule has 2 aromatic carbocycles. The van der Waals surface area contributed by atoms with Gasteiger partial charge in [0, 0.05) is 11.1 Å². The molecule has 0 aliphatic carbocycles. The Balaban J connectivity index is 1.58. The number of hydrazone groups is 1. The van der Waals surface area contributed by atoms with Crippen molar-refractivity contribution in [1.29, 1.82) is 0 Å². The van der Waals surface area contributed by atoms with Crippen LogP contribution in [0.15, 0.2) is 53.8 Å². The summed E-state index contributed by atoms with van der Waals surface area (Å²) >= 11 is 12.0. The second-order valence-corrected chi connectivity index (χ2v) is 6.54. The first-order valence-corrected chi connectivity index (χ1v) is 8.78. The summed E-state index contributed by atoms with van der Waals surface area (Å²) in [5, 5.41) is 11.7. The predicted octanol–water partition coefficient (Wildman–Crippen LogP) is 4.22. The lowest BCUT2D eigenvalue weighted by atomic mass is 10.1. The van der Waals surface area contributed by atoms with Crippen LogP contribution >= 0.6 is 23.2 Å². The molecule has 0 saturated heterocycles. The first kappa shape index (κ1) is 18.9. The summed E-state index contributed by atoms with van der Waals surface area (Å²) < 4.78 is 5.40. The number of hydrogen-bond acceptors (Lipinski definition) is 4. The fourth-order valence-electron chi connectivity index (χ4n) is 2.27. The maximum Gasteiger partial charge on any atom is 0.277 e. The van der Waals surface area contributed by atoms with Crippen molar-refractivity contribution in [2.45, 2.75) is 6.92 Å². The standard InChI is InChI=1S/C19H16Cl2N4O2/c1-12-2-5-15(6-3-12)27-11-18(26)24-22-9-14-10-23-25-19(14)13-4-7-16(20)17(21)8-13/h2-10H,11H2,1H3,(H,23,25)(H,24,26)/b22-9+. The van der Waals surface area contributed by atoms with Crippen molar-refractivity contribution in [2.24, 2.45) is 5.10 Å². The molecule has 0 aliphatic heterocycles. The normalized spacial score (nSPS) is 10.9. The zero-order valence-corrected chi connectivity index (χ0v) is 15.9. The zero-order valence-electron chi connectivity index (χ0n) is 14.4. The van der Waals surface area contributed by atoms with E-state index in [2.05, 4.69) is 20.7 Å². The van der Waals surface area contributed by atoms with Crippen LogP contribution in [0.4, 0.5) is 0 Å². The van der Waals surface area contributed by atoms with E-state index >= 15 is 0 Å². The number of aryl methyl sites for hydroxylation is 1. The fraction of sp³-hybridized carbons (Fsp3) is 0.105. The molecule has 0 unspecified atom stereocenters. The first-order chi connectivity index (χ1) is 13.0. The number of hydrogen-bond donors (Lipinski definition) is 2. The molecule has 6 nitrogen and oxygen atoms in total. The predicted molar refractivity (Wildman–Crippen MR) is 106 cm³/mol. The van der Waals surface area contributed by atoms with Crippen LogP contribution in [-0.4, -0.2) is 28.9 Å². The van der Waals surface area contributed by atoms with E-state index in [1.165, 1.54) is 6.21 Å². The Labute approximate surface area is 166 Å². The smallest absolute Gasteiger partial charge is 0.277 e. The highest BCUT2D eigenvalue weighted by Gasteiger charge is 2.08. The van der Waals surface area contributed by atoms with E-state index in [9.17, 15) is 4.79 Å². The minimum Gasteiger partial charge on any atom is -0.484 e. The Morgan fingerprint density at radius 3 is 2.74 bits per heavy atom. The third kappa shape index (κ3) is 5.09. The van der Waals surface area contributed by atoms with Gasteiger partial charge in [-0.05, 0) is 31.2 Å². The van der Waals surface area contributed by atoms with Gasteiger partial charge in [0.15, 0.2) is 6.61 Å². The second kappa shape index (κ2) is 8.70. The molecule has 1 amide bonds. The largest absolute Gasteiger partial charge is 0.484 e. The molecule has 3 aromatic rings. The number of H-pyrrole nitrogens is 1. The molecule has 1 aromatic heterocycles. The number of nitrogens with one attached hydrogen (secondary N) is 2. The number of benzene rings is 2. The monoisotopic (exact) mass is 402 g/mol. The molecule has 1 heterocycles. The lowest BCUT2D eigenvalue weighted by Crippen LogP contribution is -2.24. The van der Waals surface area contributed by atoms with Gasteiger partial charge >= 0.3 is 0 Å². The Kier molecular flexibility index (Phi) is 6.11. The van der Waals surface area contributed by atoms with E-state index in [1.54, 1.807) is 30.5 Å². The minimum atomic E-state index is -0.369. The highest BCUT2D eigenvalue weighted by molar-refractivity contribution is 6.42. The SMILES string of the molecule is Cc1ccc(OCC(=O)N/N=C/c2cn[nH]c2-c2ccc(Cl)c(Cl)c2)cc1. The van der Waals surface area contributed by atoms with Gasteiger partial charge in [-0.1, -0.05) is 47.0 Å². The lowest BCUT2D eigenvalue weighted by molar-refractivity contribution is -0.123. The number of amides is 1. The Morgan fingerprint density at radius 2 is 2.00 bits per heavy atom. The molecule has 0 atom stereocenters. The van der Waals surface area contributed by atoms with E-state index in [1.807, 2.05) is 25.1 Å². The highest BCUT2D eigenvalue weighted by atomic mass is 35.5. The number of carbonyl (C=O) groups is 1. The molecule has 8 heteroatoms. The van der Waals surface area contributed by atoms with Gasteiger partial charge in [0.2, 0.25) is 0 Å². The van der Waals surface area contributed by atoms with Crippen molar-refractivity contribution in [2.75, 3.05) is 6.61 Å². The third-order valence-corrected chi connectivity index (χ3v) is 4.40. The van der Waals surface area contributed by atoms with E-state index in [0.717, 1.165) is 11.1 Å². The van der Waals surface area contributed by atoms with Crippen LogP contribution in [0.5, 0.6) is 5.75 Å². The summed E-state index contributed by atoms with van der Waals surface area (Å²) in [6, 6.07) is 12.7. The van der Waals surface area contributed by atoms with Crippen molar-refractivity contribution in [3.8, 4) is 17.0 Å². The summed E-state index contributed by atoms with van der Waals surface area (Å²) in [5.41, 5.74) is 5.74. The maximum absolute atomic E-state index is 11.8. The van der Waals surface area contributed by atoms with Crippen molar-refractivity contribution >= 4 is 35.3 Å².